The number of esters is 2. The maximum absolute atomic E-state index is 12.9. The van der Waals surface area contributed by atoms with Gasteiger partial charge < -0.3 is 19.1 Å². The van der Waals surface area contributed by atoms with Crippen molar-refractivity contribution in [2.75, 3.05) is 32.5 Å². The minimum Gasteiger partial charge on any atom is -0.466 e. The Morgan fingerprint density at radius 2 is 1.64 bits per heavy atom. The first-order chi connectivity index (χ1) is 13.3. The molecule has 0 bridgehead atoms. The van der Waals surface area contributed by atoms with Crippen LogP contribution in [0.2, 0.25) is 0 Å². The minimum atomic E-state index is -0.790. The molecule has 1 aromatic carbocycles. The largest absolute Gasteiger partial charge is 0.466 e. The highest BCUT2D eigenvalue weighted by Gasteiger charge is 2.33. The van der Waals surface area contributed by atoms with E-state index in [1.54, 1.807) is 12.1 Å². The predicted octanol–water partition coefficient (Wildman–Crippen LogP) is -0.369. The van der Waals surface area contributed by atoms with Crippen LogP contribution in [0.15, 0.2) is 39.1 Å². The summed E-state index contributed by atoms with van der Waals surface area (Å²) in [5.41, 5.74) is -0.720. The topological polar surface area (TPSA) is 109 Å². The SMILES string of the molecule is COC(=O)C1=C(C(=O)OC)N(c2cccc3c(=O)n(C)n(C)c(=O)c23)COC1. The van der Waals surface area contributed by atoms with E-state index in [2.05, 4.69) is 0 Å². The summed E-state index contributed by atoms with van der Waals surface area (Å²) in [5, 5.41) is 0.279. The number of benzene rings is 1. The van der Waals surface area contributed by atoms with Crippen molar-refractivity contribution in [3.63, 3.8) is 0 Å². The van der Waals surface area contributed by atoms with Gasteiger partial charge in [0.2, 0.25) is 0 Å². The maximum atomic E-state index is 12.9. The average Bonchev–Trinajstić information content (AvgIpc) is 2.73. The zero-order valence-electron chi connectivity index (χ0n) is 15.8. The molecule has 1 aliphatic heterocycles. The number of fused-ring (bicyclic) bond motifs is 1. The van der Waals surface area contributed by atoms with Crippen molar-refractivity contribution in [1.82, 2.24) is 9.36 Å². The maximum Gasteiger partial charge on any atom is 0.355 e. The molecule has 0 amide bonds. The van der Waals surface area contributed by atoms with Crippen molar-refractivity contribution in [1.29, 1.82) is 0 Å². The number of ether oxygens (including phenoxy) is 3. The Labute approximate surface area is 159 Å². The molecule has 1 aliphatic rings. The van der Waals surface area contributed by atoms with Gasteiger partial charge in [0.25, 0.3) is 11.1 Å². The highest BCUT2D eigenvalue weighted by atomic mass is 16.5. The third-order valence-corrected chi connectivity index (χ3v) is 4.65. The average molecular weight is 389 g/mol. The van der Waals surface area contributed by atoms with Gasteiger partial charge in [-0.05, 0) is 12.1 Å². The Kier molecular flexibility index (Phi) is 5.06. The van der Waals surface area contributed by atoms with Crippen molar-refractivity contribution < 1.29 is 23.8 Å². The lowest BCUT2D eigenvalue weighted by atomic mass is 10.1. The molecular formula is C18H19N3O7. The molecule has 0 N–H and O–H groups in total. The number of carbonyl (C=O) groups excluding carboxylic acids is 2. The molecule has 0 spiro atoms. The molecule has 10 nitrogen and oxygen atoms in total. The number of methoxy groups -OCH3 is 2. The smallest absolute Gasteiger partial charge is 0.355 e. The number of hydrogen-bond donors (Lipinski definition) is 0. The van der Waals surface area contributed by atoms with E-state index >= 15 is 0 Å². The van der Waals surface area contributed by atoms with Crippen LogP contribution in [0.3, 0.4) is 0 Å². The van der Waals surface area contributed by atoms with E-state index in [0.29, 0.717) is 0 Å². The first-order valence-corrected chi connectivity index (χ1v) is 8.27. The number of nitrogens with zero attached hydrogens (tertiary/aromatic N) is 3. The standard InChI is InChI=1S/C18H19N3O7/c1-19-15(22)10-6-5-7-12(13(10)16(23)20(19)2)21-9-28-8-11(17(24)26-3)14(21)18(25)27-4/h5-7H,8-9H2,1-4H3. The van der Waals surface area contributed by atoms with Gasteiger partial charge in [-0.3, -0.25) is 19.0 Å². The molecule has 0 unspecified atom stereocenters. The first-order valence-electron chi connectivity index (χ1n) is 8.27. The van der Waals surface area contributed by atoms with Gasteiger partial charge in [-0.1, -0.05) is 6.07 Å². The number of hydrogen-bond acceptors (Lipinski definition) is 8. The fraction of sp³-hybridized carbons (Fsp3) is 0.333. The second kappa shape index (κ2) is 7.31. The normalized spacial score (nSPS) is 14.4. The molecule has 1 aromatic heterocycles. The zero-order valence-corrected chi connectivity index (χ0v) is 15.8. The van der Waals surface area contributed by atoms with Gasteiger partial charge in [0, 0.05) is 14.1 Å². The second-order valence-corrected chi connectivity index (χ2v) is 6.07. The van der Waals surface area contributed by atoms with Gasteiger partial charge in [0.15, 0.2) is 0 Å². The summed E-state index contributed by atoms with van der Waals surface area (Å²) in [5.74, 6) is -1.55. The molecule has 2 aromatic rings. The third-order valence-electron chi connectivity index (χ3n) is 4.65. The molecule has 3 rings (SSSR count). The molecule has 148 valence electrons. The molecule has 0 atom stereocenters. The quantitative estimate of drug-likeness (QED) is 0.655. The minimum absolute atomic E-state index is 0.0433. The van der Waals surface area contributed by atoms with Crippen LogP contribution in [0.1, 0.15) is 0 Å². The van der Waals surface area contributed by atoms with Crippen LogP contribution in [-0.4, -0.2) is 48.9 Å². The summed E-state index contributed by atoms with van der Waals surface area (Å²) in [6, 6.07) is 4.67. The van der Waals surface area contributed by atoms with Gasteiger partial charge in [-0.25, -0.2) is 9.59 Å². The summed E-state index contributed by atoms with van der Waals surface area (Å²) in [6.45, 7) is -0.277. The summed E-state index contributed by atoms with van der Waals surface area (Å²) >= 11 is 0. The Morgan fingerprint density at radius 1 is 1.00 bits per heavy atom. The first kappa shape index (κ1) is 19.4. The molecule has 0 radical (unpaired) electrons. The van der Waals surface area contributed by atoms with Crippen LogP contribution in [0.25, 0.3) is 10.8 Å². The Bertz CT molecular complexity index is 1130. The van der Waals surface area contributed by atoms with E-state index in [1.165, 1.54) is 48.6 Å². The summed E-state index contributed by atoms with van der Waals surface area (Å²) in [4.78, 5) is 51.4. The molecular weight excluding hydrogens is 370 g/mol. The Hall–Kier alpha value is -3.40. The third kappa shape index (κ3) is 2.87. The lowest BCUT2D eigenvalue weighted by molar-refractivity contribution is -0.140. The monoisotopic (exact) mass is 389 g/mol. The highest BCUT2D eigenvalue weighted by molar-refractivity contribution is 6.05. The van der Waals surface area contributed by atoms with Crippen LogP contribution >= 0.6 is 0 Å². The molecule has 0 saturated heterocycles. The molecule has 0 aliphatic carbocycles. The lowest BCUT2D eigenvalue weighted by Gasteiger charge is -2.31. The van der Waals surface area contributed by atoms with Crippen molar-refractivity contribution in [2.24, 2.45) is 14.1 Å². The number of aromatic nitrogens is 2. The number of carbonyl (C=O) groups is 2. The fourth-order valence-electron chi connectivity index (χ4n) is 3.11. The van der Waals surface area contributed by atoms with E-state index in [4.69, 9.17) is 14.2 Å². The second-order valence-electron chi connectivity index (χ2n) is 6.07. The van der Waals surface area contributed by atoms with Crippen molar-refractivity contribution in [2.45, 2.75) is 0 Å². The molecule has 28 heavy (non-hydrogen) atoms. The van der Waals surface area contributed by atoms with Crippen LogP contribution < -0.4 is 16.0 Å². The Morgan fingerprint density at radius 3 is 2.29 bits per heavy atom. The van der Waals surface area contributed by atoms with E-state index in [0.717, 1.165) is 0 Å². The van der Waals surface area contributed by atoms with Crippen LogP contribution in [0, 0.1) is 0 Å². The van der Waals surface area contributed by atoms with E-state index in [-0.39, 0.29) is 46.6 Å². The number of rotatable bonds is 3. The van der Waals surface area contributed by atoms with Crippen LogP contribution in [0.5, 0.6) is 0 Å². The summed E-state index contributed by atoms with van der Waals surface area (Å²) in [7, 11) is 5.30. The van der Waals surface area contributed by atoms with Gasteiger partial charge >= 0.3 is 11.9 Å². The fourth-order valence-corrected chi connectivity index (χ4v) is 3.11. The zero-order chi connectivity index (χ0) is 20.6. The van der Waals surface area contributed by atoms with E-state index in [1.807, 2.05) is 0 Å². The predicted molar refractivity (Wildman–Crippen MR) is 98.8 cm³/mol. The van der Waals surface area contributed by atoms with E-state index < -0.39 is 17.5 Å². The van der Waals surface area contributed by atoms with Crippen LogP contribution in [0.4, 0.5) is 5.69 Å². The van der Waals surface area contributed by atoms with Gasteiger partial charge in [-0.15, -0.1) is 0 Å². The van der Waals surface area contributed by atoms with Crippen molar-refractivity contribution in [3.8, 4) is 0 Å². The van der Waals surface area contributed by atoms with Gasteiger partial charge in [0.05, 0.1) is 42.9 Å². The number of anilines is 1. The summed E-state index contributed by atoms with van der Waals surface area (Å²) in [6.07, 6.45) is 0. The van der Waals surface area contributed by atoms with E-state index in [9.17, 15) is 19.2 Å². The van der Waals surface area contributed by atoms with Crippen LogP contribution in [-0.2, 0) is 37.9 Å². The van der Waals surface area contributed by atoms with Crippen molar-refractivity contribution in [3.05, 3.63) is 50.2 Å². The molecule has 0 fully saturated rings. The lowest BCUT2D eigenvalue weighted by Crippen LogP contribution is -2.40. The van der Waals surface area contributed by atoms with Crippen molar-refractivity contribution >= 4 is 28.4 Å². The van der Waals surface area contributed by atoms with Gasteiger partial charge in [-0.2, -0.15) is 0 Å². The summed E-state index contributed by atoms with van der Waals surface area (Å²) < 4.78 is 17.4. The highest BCUT2D eigenvalue weighted by Crippen LogP contribution is 2.30. The Balaban J connectivity index is 2.38. The molecule has 0 saturated carbocycles. The van der Waals surface area contributed by atoms with Gasteiger partial charge in [0.1, 0.15) is 12.4 Å². The molecule has 2 heterocycles. The molecule has 10 heteroatoms.